The summed E-state index contributed by atoms with van der Waals surface area (Å²) in [6, 6.07) is 81.9. The lowest BCUT2D eigenvalue weighted by Crippen LogP contribution is -2.29. The molecule has 69 heavy (non-hydrogen) atoms. The maximum absolute atomic E-state index is 2.45. The molecule has 0 spiro atoms. The fourth-order valence-corrected chi connectivity index (χ4v) is 11.6. The predicted octanol–water partition coefficient (Wildman–Crippen LogP) is 18.3. The van der Waals surface area contributed by atoms with Gasteiger partial charge in [0.2, 0.25) is 0 Å². The quantitative estimate of drug-likeness (QED) is 0.140. The van der Waals surface area contributed by atoms with Gasteiger partial charge < -0.3 is 9.80 Å². The van der Waals surface area contributed by atoms with Crippen molar-refractivity contribution in [3.63, 3.8) is 0 Å². The van der Waals surface area contributed by atoms with Gasteiger partial charge in [0.1, 0.15) is 0 Å². The molecule has 2 heteroatoms. The van der Waals surface area contributed by atoms with Crippen molar-refractivity contribution >= 4 is 66.4 Å². The van der Waals surface area contributed by atoms with Crippen molar-refractivity contribution in [3.8, 4) is 11.1 Å². The summed E-state index contributed by atoms with van der Waals surface area (Å²) in [4.78, 5) is 4.85. The second-order valence-electron chi connectivity index (χ2n) is 19.2. The van der Waals surface area contributed by atoms with Gasteiger partial charge in [-0.1, -0.05) is 146 Å². The monoisotopic (exact) mass is 886 g/mol. The summed E-state index contributed by atoms with van der Waals surface area (Å²) in [6.07, 6.45) is 0. The second-order valence-corrected chi connectivity index (χ2v) is 19.2. The fourth-order valence-electron chi connectivity index (χ4n) is 11.6. The second kappa shape index (κ2) is 16.5. The summed E-state index contributed by atoms with van der Waals surface area (Å²) in [5, 5.41) is 7.45. The van der Waals surface area contributed by atoms with Crippen molar-refractivity contribution in [2.45, 2.75) is 47.0 Å². The van der Waals surface area contributed by atoms with Crippen LogP contribution in [-0.2, 0) is 5.41 Å². The molecule has 0 saturated carbocycles. The third-order valence-corrected chi connectivity index (χ3v) is 15.3. The normalized spacial score (nSPS) is 12.6. The van der Waals surface area contributed by atoms with Crippen LogP contribution in [-0.4, -0.2) is 0 Å². The fraction of sp³-hybridized carbons (Fsp3) is 0.104. The maximum atomic E-state index is 2.45. The smallest absolute Gasteiger partial charge is 0.0725 e. The standard InChI is InChI=1S/C67H54N2/c1-43-37-56(38-44(2)47(43)5)68(52-25-15-9-16-26-52)54-32-35-58-49(41-54)31-34-62-64-60-30-20-19-29-59(60)63-42-55(69(53-27-17-10-18-28-53)57-39-45(3)48(6)46(4)40-57)33-36-61(63)66(64)67(65(58)62,50-21-11-7-12-22-50)51-23-13-8-14-24-51/h7-42H,1-6H3. The topological polar surface area (TPSA) is 6.48 Å². The van der Waals surface area contributed by atoms with E-state index in [-0.39, 0.29) is 0 Å². The van der Waals surface area contributed by atoms with Gasteiger partial charge in [0.15, 0.2) is 0 Å². The summed E-state index contributed by atoms with van der Waals surface area (Å²) >= 11 is 0. The zero-order valence-corrected chi connectivity index (χ0v) is 40.2. The molecule has 0 heterocycles. The minimum atomic E-state index is -0.660. The molecule has 0 unspecified atom stereocenters. The molecule has 332 valence electrons. The molecular formula is C67H54N2. The van der Waals surface area contributed by atoms with Crippen LogP contribution in [0.25, 0.3) is 43.4 Å². The van der Waals surface area contributed by atoms with E-state index < -0.39 is 5.41 Å². The average molecular weight is 887 g/mol. The molecular weight excluding hydrogens is 833 g/mol. The van der Waals surface area contributed by atoms with E-state index in [1.165, 1.54) is 99.1 Å². The highest BCUT2D eigenvalue weighted by molar-refractivity contribution is 6.21. The van der Waals surface area contributed by atoms with Crippen molar-refractivity contribution < 1.29 is 0 Å². The average Bonchev–Trinajstić information content (AvgIpc) is 3.71. The molecule has 0 atom stereocenters. The largest absolute Gasteiger partial charge is 0.310 e. The summed E-state index contributed by atoms with van der Waals surface area (Å²) in [6.45, 7) is 13.4. The zero-order valence-electron chi connectivity index (χ0n) is 40.2. The van der Waals surface area contributed by atoms with Gasteiger partial charge in [-0.2, -0.15) is 0 Å². The number of para-hydroxylation sites is 2. The highest BCUT2D eigenvalue weighted by Gasteiger charge is 2.49. The van der Waals surface area contributed by atoms with Gasteiger partial charge in [-0.15, -0.1) is 0 Å². The molecule has 0 amide bonds. The van der Waals surface area contributed by atoms with Crippen LogP contribution in [0.1, 0.15) is 55.6 Å². The Morgan fingerprint density at radius 1 is 0.290 bits per heavy atom. The van der Waals surface area contributed by atoms with Gasteiger partial charge >= 0.3 is 0 Å². The van der Waals surface area contributed by atoms with Gasteiger partial charge in [0, 0.05) is 34.1 Å². The molecule has 0 aliphatic heterocycles. The van der Waals surface area contributed by atoms with E-state index in [0.29, 0.717) is 0 Å². The van der Waals surface area contributed by atoms with Crippen molar-refractivity contribution in [1.82, 2.24) is 0 Å². The number of benzene rings is 11. The third kappa shape index (κ3) is 6.61. The van der Waals surface area contributed by atoms with Crippen LogP contribution in [0.4, 0.5) is 34.1 Å². The molecule has 0 aromatic heterocycles. The number of rotatable bonds is 8. The minimum Gasteiger partial charge on any atom is -0.310 e. The van der Waals surface area contributed by atoms with E-state index in [2.05, 4.69) is 270 Å². The highest BCUT2D eigenvalue weighted by Crippen LogP contribution is 2.62. The maximum Gasteiger partial charge on any atom is 0.0725 e. The summed E-state index contributed by atoms with van der Waals surface area (Å²) in [5.41, 5.74) is 21.7. The minimum absolute atomic E-state index is 0.660. The first-order chi connectivity index (χ1) is 33.7. The molecule has 0 bridgehead atoms. The van der Waals surface area contributed by atoms with Crippen molar-refractivity contribution in [1.29, 1.82) is 0 Å². The Morgan fingerprint density at radius 2 is 0.725 bits per heavy atom. The van der Waals surface area contributed by atoms with E-state index in [1.54, 1.807) is 0 Å². The van der Waals surface area contributed by atoms with Crippen LogP contribution in [0.15, 0.2) is 218 Å². The number of anilines is 6. The molecule has 0 radical (unpaired) electrons. The SMILES string of the molecule is Cc1cc(N(c2ccccc2)c2ccc3c4c(ccc3c2)-c2c(c3ccc(N(c5ccccc5)c5cc(C)c(C)c(C)c5)cc3c3ccccc23)C4(c2ccccc2)c2ccccc2)cc(C)c1C. The Labute approximate surface area is 406 Å². The van der Waals surface area contributed by atoms with Gasteiger partial charge in [-0.25, -0.2) is 0 Å². The predicted molar refractivity (Wildman–Crippen MR) is 294 cm³/mol. The number of aryl methyl sites for hydroxylation is 4. The lowest BCUT2D eigenvalue weighted by atomic mass is 9.65. The van der Waals surface area contributed by atoms with Crippen LogP contribution in [0.5, 0.6) is 0 Å². The van der Waals surface area contributed by atoms with E-state index in [0.717, 1.165) is 34.1 Å². The Morgan fingerprint density at radius 3 is 1.23 bits per heavy atom. The Hall–Kier alpha value is -8.20. The molecule has 11 aromatic carbocycles. The van der Waals surface area contributed by atoms with Crippen LogP contribution in [0, 0.1) is 41.5 Å². The van der Waals surface area contributed by atoms with E-state index >= 15 is 0 Å². The first kappa shape index (κ1) is 42.2. The number of fused-ring (bicyclic) bond motifs is 10. The Kier molecular flexibility index (Phi) is 10.1. The van der Waals surface area contributed by atoms with Crippen molar-refractivity contribution in [2.24, 2.45) is 0 Å². The van der Waals surface area contributed by atoms with Crippen LogP contribution in [0.3, 0.4) is 0 Å². The van der Waals surface area contributed by atoms with Gasteiger partial charge in [-0.05, 0) is 213 Å². The van der Waals surface area contributed by atoms with Crippen LogP contribution >= 0.6 is 0 Å². The molecule has 0 saturated heterocycles. The Balaban J connectivity index is 1.17. The zero-order chi connectivity index (χ0) is 47.0. The van der Waals surface area contributed by atoms with Gasteiger partial charge in [-0.3, -0.25) is 0 Å². The number of hydrogen-bond acceptors (Lipinski definition) is 2. The lowest BCUT2D eigenvalue weighted by molar-refractivity contribution is 0.783. The van der Waals surface area contributed by atoms with Crippen LogP contribution in [0.2, 0.25) is 0 Å². The molecule has 1 aliphatic rings. The van der Waals surface area contributed by atoms with E-state index in [1.807, 2.05) is 0 Å². The van der Waals surface area contributed by atoms with Crippen LogP contribution < -0.4 is 9.80 Å². The van der Waals surface area contributed by atoms with Gasteiger partial charge in [0.25, 0.3) is 0 Å². The third-order valence-electron chi connectivity index (χ3n) is 15.3. The van der Waals surface area contributed by atoms with E-state index in [9.17, 15) is 0 Å². The van der Waals surface area contributed by atoms with E-state index in [4.69, 9.17) is 0 Å². The Bertz CT molecular complexity index is 3690. The number of hydrogen-bond donors (Lipinski definition) is 0. The summed E-state index contributed by atoms with van der Waals surface area (Å²) in [7, 11) is 0. The highest BCUT2D eigenvalue weighted by atomic mass is 15.1. The molecule has 0 N–H and O–H groups in total. The first-order valence-electron chi connectivity index (χ1n) is 24.3. The van der Waals surface area contributed by atoms with Crippen molar-refractivity contribution in [3.05, 3.63) is 274 Å². The molecule has 0 fully saturated rings. The summed E-state index contributed by atoms with van der Waals surface area (Å²) in [5.74, 6) is 0. The summed E-state index contributed by atoms with van der Waals surface area (Å²) < 4.78 is 0. The molecule has 2 nitrogen and oxygen atoms in total. The van der Waals surface area contributed by atoms with Gasteiger partial charge in [0.05, 0.1) is 5.41 Å². The molecule has 11 aromatic rings. The molecule has 12 rings (SSSR count). The van der Waals surface area contributed by atoms with Crippen molar-refractivity contribution in [2.75, 3.05) is 9.80 Å². The first-order valence-corrected chi connectivity index (χ1v) is 24.3. The lowest BCUT2D eigenvalue weighted by Gasteiger charge is -2.36. The number of nitrogens with zero attached hydrogens (tertiary/aromatic N) is 2. The molecule has 1 aliphatic carbocycles.